The predicted octanol–water partition coefficient (Wildman–Crippen LogP) is 3.45. The van der Waals surface area contributed by atoms with Gasteiger partial charge in [-0.3, -0.25) is 4.90 Å². The van der Waals surface area contributed by atoms with Gasteiger partial charge in [-0.05, 0) is 45.2 Å². The van der Waals surface area contributed by atoms with Crippen molar-refractivity contribution in [2.75, 3.05) is 29.9 Å². The summed E-state index contributed by atoms with van der Waals surface area (Å²) in [5.74, 6) is 1.68. The van der Waals surface area contributed by atoms with Gasteiger partial charge in [-0.25, -0.2) is 9.97 Å². The van der Waals surface area contributed by atoms with E-state index >= 15 is 0 Å². The molecule has 1 aliphatic heterocycles. The molecule has 0 atom stereocenters. The lowest BCUT2D eigenvalue weighted by Crippen LogP contribution is -2.40. The Labute approximate surface area is 172 Å². The summed E-state index contributed by atoms with van der Waals surface area (Å²) in [6, 6.07) is 9.67. The van der Waals surface area contributed by atoms with Crippen molar-refractivity contribution in [2.24, 2.45) is 0 Å². The van der Waals surface area contributed by atoms with Crippen LogP contribution >= 0.6 is 0 Å². The number of aromatic amines is 1. The van der Waals surface area contributed by atoms with Crippen LogP contribution < -0.4 is 10.2 Å². The van der Waals surface area contributed by atoms with Crippen LogP contribution in [0.1, 0.15) is 38.8 Å². The molecule has 3 heterocycles. The van der Waals surface area contributed by atoms with Gasteiger partial charge in [0.05, 0.1) is 0 Å². The molecular weight excluding hydrogens is 362 g/mol. The summed E-state index contributed by atoms with van der Waals surface area (Å²) in [7, 11) is 0. The Balaban J connectivity index is 1.49. The van der Waals surface area contributed by atoms with Gasteiger partial charge in [0, 0.05) is 38.3 Å². The maximum atomic E-state index is 4.74. The van der Waals surface area contributed by atoms with E-state index in [0.29, 0.717) is 17.7 Å². The molecule has 7 nitrogen and oxygen atoms in total. The van der Waals surface area contributed by atoms with Crippen LogP contribution in [0.15, 0.2) is 30.6 Å². The van der Waals surface area contributed by atoms with E-state index in [4.69, 9.17) is 4.98 Å². The molecule has 154 valence electrons. The average Bonchev–Trinajstić information content (AvgIpc) is 3.15. The second kappa shape index (κ2) is 8.37. The van der Waals surface area contributed by atoms with Gasteiger partial charge in [0.2, 0.25) is 5.95 Å². The second-order valence-electron chi connectivity index (χ2n) is 8.27. The number of nitrogens with one attached hydrogen (secondary N) is 2. The van der Waals surface area contributed by atoms with Gasteiger partial charge >= 0.3 is 0 Å². The van der Waals surface area contributed by atoms with Crippen molar-refractivity contribution in [3.8, 4) is 0 Å². The fraction of sp³-hybridized carbons (Fsp3) is 0.500. The Hall–Kier alpha value is -2.67. The molecule has 1 aliphatic rings. The number of imidazole rings is 1. The monoisotopic (exact) mass is 393 g/mol. The van der Waals surface area contributed by atoms with Gasteiger partial charge in [0.15, 0.2) is 11.5 Å². The van der Waals surface area contributed by atoms with Crippen LogP contribution in [0.5, 0.6) is 0 Å². The number of hydrogen-bond acceptors (Lipinski definition) is 6. The standard InChI is InChI=1S/C22H31N7/c1-15(2)29(16(3)4)12-10-23-20-19-21(25-14-24-20)27-22(26-19)28-11-9-17-7-5-6-8-18(17)13-28/h5-8,14-16H,9-13H2,1-4H3,(H2,23,24,25,26,27). The lowest BCUT2D eigenvalue weighted by atomic mass is 10.0. The minimum atomic E-state index is 0.517. The number of aromatic nitrogens is 4. The highest BCUT2D eigenvalue weighted by atomic mass is 15.3. The van der Waals surface area contributed by atoms with Crippen LogP contribution in [0, 0.1) is 0 Å². The normalized spacial score (nSPS) is 14.2. The minimum Gasteiger partial charge on any atom is -0.367 e. The van der Waals surface area contributed by atoms with Gasteiger partial charge in [0.25, 0.3) is 0 Å². The van der Waals surface area contributed by atoms with Gasteiger partial charge in [-0.15, -0.1) is 0 Å². The third kappa shape index (κ3) is 4.19. The summed E-state index contributed by atoms with van der Waals surface area (Å²) in [5, 5.41) is 3.48. The lowest BCUT2D eigenvalue weighted by Gasteiger charge is -2.30. The van der Waals surface area contributed by atoms with Crippen LogP contribution in [-0.4, -0.2) is 56.6 Å². The highest BCUT2D eigenvalue weighted by Crippen LogP contribution is 2.25. The molecule has 29 heavy (non-hydrogen) atoms. The van der Waals surface area contributed by atoms with Gasteiger partial charge in [-0.1, -0.05) is 24.3 Å². The molecule has 0 aliphatic carbocycles. The third-order valence-electron chi connectivity index (χ3n) is 5.70. The van der Waals surface area contributed by atoms with E-state index in [9.17, 15) is 0 Å². The quantitative estimate of drug-likeness (QED) is 0.641. The van der Waals surface area contributed by atoms with Crippen LogP contribution in [-0.2, 0) is 13.0 Å². The van der Waals surface area contributed by atoms with E-state index in [1.54, 1.807) is 6.33 Å². The zero-order chi connectivity index (χ0) is 20.4. The van der Waals surface area contributed by atoms with Crippen molar-refractivity contribution in [1.29, 1.82) is 0 Å². The lowest BCUT2D eigenvalue weighted by molar-refractivity contribution is 0.182. The Morgan fingerprint density at radius 1 is 1.10 bits per heavy atom. The smallest absolute Gasteiger partial charge is 0.205 e. The Morgan fingerprint density at radius 2 is 1.86 bits per heavy atom. The first-order valence-electron chi connectivity index (χ1n) is 10.5. The highest BCUT2D eigenvalue weighted by Gasteiger charge is 2.20. The summed E-state index contributed by atoms with van der Waals surface area (Å²) < 4.78 is 0. The number of hydrogen-bond donors (Lipinski definition) is 2. The largest absolute Gasteiger partial charge is 0.367 e. The molecule has 0 spiro atoms. The van der Waals surface area contributed by atoms with E-state index < -0.39 is 0 Å². The molecule has 0 saturated heterocycles. The van der Waals surface area contributed by atoms with E-state index in [0.717, 1.165) is 49.9 Å². The Kier molecular flexibility index (Phi) is 5.67. The Morgan fingerprint density at radius 3 is 2.62 bits per heavy atom. The average molecular weight is 394 g/mol. The number of fused-ring (bicyclic) bond motifs is 2. The second-order valence-corrected chi connectivity index (χ2v) is 8.27. The van der Waals surface area contributed by atoms with Crippen molar-refractivity contribution < 1.29 is 0 Å². The summed E-state index contributed by atoms with van der Waals surface area (Å²) in [5.41, 5.74) is 4.39. The van der Waals surface area contributed by atoms with Crippen molar-refractivity contribution in [1.82, 2.24) is 24.8 Å². The van der Waals surface area contributed by atoms with Crippen molar-refractivity contribution in [2.45, 2.75) is 52.7 Å². The van der Waals surface area contributed by atoms with Crippen molar-refractivity contribution >= 4 is 22.9 Å². The van der Waals surface area contributed by atoms with Gasteiger partial charge in [0.1, 0.15) is 11.8 Å². The molecule has 0 amide bonds. The molecule has 3 aromatic rings. The SMILES string of the molecule is CC(C)N(CCNc1ncnc2nc(N3CCc4ccccc4C3)[nH]c12)C(C)C. The molecule has 0 unspecified atom stereocenters. The summed E-state index contributed by atoms with van der Waals surface area (Å²) in [4.78, 5) is 21.8. The fourth-order valence-corrected chi connectivity index (χ4v) is 4.19. The van der Waals surface area contributed by atoms with Crippen molar-refractivity contribution in [3.05, 3.63) is 41.7 Å². The van der Waals surface area contributed by atoms with E-state index in [1.807, 2.05) is 0 Å². The van der Waals surface area contributed by atoms with Gasteiger partial charge < -0.3 is 15.2 Å². The van der Waals surface area contributed by atoms with Crippen LogP contribution in [0.4, 0.5) is 11.8 Å². The molecule has 0 saturated carbocycles. The van der Waals surface area contributed by atoms with Crippen LogP contribution in [0.2, 0.25) is 0 Å². The first-order chi connectivity index (χ1) is 14.0. The topological polar surface area (TPSA) is 73.0 Å². The number of H-pyrrole nitrogens is 1. The maximum absolute atomic E-state index is 4.74. The molecule has 4 rings (SSSR count). The molecule has 2 N–H and O–H groups in total. The number of anilines is 2. The summed E-state index contributed by atoms with van der Waals surface area (Å²) in [6.07, 6.45) is 2.62. The molecule has 1 aromatic carbocycles. The molecular formula is C22H31N7. The first kappa shape index (κ1) is 19.6. The Bertz CT molecular complexity index is 955. The maximum Gasteiger partial charge on any atom is 0.205 e. The highest BCUT2D eigenvalue weighted by molar-refractivity contribution is 5.84. The zero-order valence-electron chi connectivity index (χ0n) is 17.8. The van der Waals surface area contributed by atoms with Gasteiger partial charge in [-0.2, -0.15) is 4.98 Å². The van der Waals surface area contributed by atoms with Crippen LogP contribution in [0.25, 0.3) is 11.2 Å². The molecule has 0 fully saturated rings. The third-order valence-corrected chi connectivity index (χ3v) is 5.70. The van der Waals surface area contributed by atoms with E-state index in [-0.39, 0.29) is 0 Å². The fourth-order valence-electron chi connectivity index (χ4n) is 4.19. The minimum absolute atomic E-state index is 0.517. The predicted molar refractivity (Wildman–Crippen MR) is 118 cm³/mol. The molecule has 7 heteroatoms. The molecule has 0 radical (unpaired) electrons. The number of nitrogens with zero attached hydrogens (tertiary/aromatic N) is 5. The van der Waals surface area contributed by atoms with E-state index in [1.165, 1.54) is 11.1 Å². The summed E-state index contributed by atoms with van der Waals surface area (Å²) in [6.45, 7) is 12.6. The zero-order valence-corrected chi connectivity index (χ0v) is 17.8. The summed E-state index contributed by atoms with van der Waals surface area (Å²) >= 11 is 0. The molecule has 2 aromatic heterocycles. The van der Waals surface area contributed by atoms with Crippen LogP contribution in [0.3, 0.4) is 0 Å². The van der Waals surface area contributed by atoms with E-state index in [2.05, 4.69) is 82.0 Å². The number of rotatable bonds is 7. The van der Waals surface area contributed by atoms with Crippen molar-refractivity contribution in [3.63, 3.8) is 0 Å². The molecule has 0 bridgehead atoms. The number of benzene rings is 1. The first-order valence-corrected chi connectivity index (χ1v) is 10.5.